The van der Waals surface area contributed by atoms with Gasteiger partial charge in [-0.3, -0.25) is 19.4 Å². The van der Waals surface area contributed by atoms with Crippen molar-refractivity contribution in [3.63, 3.8) is 0 Å². The van der Waals surface area contributed by atoms with E-state index < -0.39 is 41.5 Å². The lowest BCUT2D eigenvalue weighted by atomic mass is 10.0. The van der Waals surface area contributed by atoms with E-state index in [1.807, 2.05) is 4.90 Å². The van der Waals surface area contributed by atoms with Crippen molar-refractivity contribution >= 4 is 57.8 Å². The van der Waals surface area contributed by atoms with Crippen LogP contribution in [0.15, 0.2) is 59.5 Å². The van der Waals surface area contributed by atoms with E-state index >= 15 is 0 Å². The number of thiocarbonyl (C=S) groups is 1. The van der Waals surface area contributed by atoms with E-state index in [0.29, 0.717) is 38.5 Å². The van der Waals surface area contributed by atoms with Gasteiger partial charge in [0.1, 0.15) is 10.9 Å². The van der Waals surface area contributed by atoms with Gasteiger partial charge in [-0.05, 0) is 65.7 Å². The number of hydrogen-bond donors (Lipinski definition) is 2. The van der Waals surface area contributed by atoms with Crippen LogP contribution in [0.3, 0.4) is 0 Å². The van der Waals surface area contributed by atoms with Crippen molar-refractivity contribution in [1.29, 1.82) is 0 Å². The van der Waals surface area contributed by atoms with Gasteiger partial charge in [-0.25, -0.2) is 13.6 Å². The summed E-state index contributed by atoms with van der Waals surface area (Å²) in [6.07, 6.45) is -4.08. The molecular weight excluding hydrogens is 710 g/mol. The molecule has 0 aliphatic carbocycles. The summed E-state index contributed by atoms with van der Waals surface area (Å²) < 4.78 is 84.5. The maximum absolute atomic E-state index is 14.2. The van der Waals surface area contributed by atoms with E-state index in [0.717, 1.165) is 34.9 Å². The van der Waals surface area contributed by atoms with Gasteiger partial charge in [-0.1, -0.05) is 30.0 Å². The first kappa shape index (κ1) is 36.7. The summed E-state index contributed by atoms with van der Waals surface area (Å²) in [4.78, 5) is 40.3. The predicted molar refractivity (Wildman–Crippen MR) is 178 cm³/mol. The Kier molecular flexibility index (Phi) is 11.7. The molecule has 0 atom stereocenters. The van der Waals surface area contributed by atoms with Crippen LogP contribution in [0.1, 0.15) is 22.3 Å². The SMILES string of the molecule is O=C(CCN1C(=O)C(=Cc2cc(-c3ccc(F)c(F)c3)cc(OC(F)(F)F)c2OCCN2CCOCC2)SC1=S)Nc1ccc(C(=O)O)cc1. The summed E-state index contributed by atoms with van der Waals surface area (Å²) >= 11 is 6.22. The molecule has 0 unspecified atom stereocenters. The monoisotopic (exact) mass is 737 g/mol. The summed E-state index contributed by atoms with van der Waals surface area (Å²) in [5, 5.41) is 11.6. The molecule has 2 amide bonds. The minimum absolute atomic E-state index is 0.00177. The van der Waals surface area contributed by atoms with Crippen molar-refractivity contribution in [1.82, 2.24) is 9.80 Å². The highest BCUT2D eigenvalue weighted by molar-refractivity contribution is 8.26. The van der Waals surface area contributed by atoms with E-state index in [2.05, 4.69) is 10.1 Å². The molecule has 0 saturated carbocycles. The summed E-state index contributed by atoms with van der Waals surface area (Å²) in [5.74, 6) is -5.74. The zero-order valence-electron chi connectivity index (χ0n) is 25.9. The van der Waals surface area contributed by atoms with Gasteiger partial charge in [-0.2, -0.15) is 0 Å². The fraction of sp³-hybridized carbons (Fsp3) is 0.273. The summed E-state index contributed by atoms with van der Waals surface area (Å²) in [5.41, 5.74) is 0.381. The van der Waals surface area contributed by atoms with Gasteiger partial charge in [0, 0.05) is 43.9 Å². The Hall–Kier alpha value is -4.58. The highest BCUT2D eigenvalue weighted by Crippen LogP contribution is 2.42. The van der Waals surface area contributed by atoms with Gasteiger partial charge < -0.3 is 24.6 Å². The number of anilines is 1. The number of nitrogens with one attached hydrogen (secondary N) is 1. The van der Waals surface area contributed by atoms with Crippen molar-refractivity contribution in [2.45, 2.75) is 12.8 Å². The standard InChI is InChI=1S/C33H28F5N3O7S2/c34-24-6-3-20(16-25(24)35)21-15-22(29(26(17-21)48-33(36,37)38)47-14-11-40-9-12-46-13-10-40)18-27-30(43)41(32(49)50-27)8-7-28(42)39-23-4-1-19(2-5-23)31(44)45/h1-6,15-18H,7-14H2,(H,39,42)(H,44,45). The first-order valence-corrected chi connectivity index (χ1v) is 16.2. The Balaban J connectivity index is 1.42. The van der Waals surface area contributed by atoms with Crippen LogP contribution in [0.5, 0.6) is 11.5 Å². The Bertz CT molecular complexity index is 1820. The number of halogens is 5. The van der Waals surface area contributed by atoms with Crippen LogP contribution in [0.4, 0.5) is 27.6 Å². The third-order valence-electron chi connectivity index (χ3n) is 7.46. The van der Waals surface area contributed by atoms with Crippen molar-refractivity contribution in [3.8, 4) is 22.6 Å². The summed E-state index contributed by atoms with van der Waals surface area (Å²) in [6.45, 7) is 2.30. The number of carbonyl (C=O) groups is 3. The van der Waals surface area contributed by atoms with Crippen LogP contribution in [0.2, 0.25) is 0 Å². The maximum Gasteiger partial charge on any atom is 0.573 e. The molecule has 2 aliphatic rings. The average Bonchev–Trinajstić information content (AvgIpc) is 3.33. The molecule has 5 rings (SSSR count). The lowest BCUT2D eigenvalue weighted by Crippen LogP contribution is -2.38. The molecule has 3 aromatic rings. The fourth-order valence-corrected chi connectivity index (χ4v) is 6.30. The van der Waals surface area contributed by atoms with Crippen molar-refractivity contribution in [2.24, 2.45) is 0 Å². The Morgan fingerprint density at radius 1 is 1.00 bits per heavy atom. The number of carboxylic acids is 1. The number of aromatic carboxylic acids is 1. The first-order chi connectivity index (χ1) is 23.8. The lowest BCUT2D eigenvalue weighted by Gasteiger charge is -2.26. The Labute approximate surface area is 291 Å². The second-order valence-corrected chi connectivity index (χ2v) is 12.6. The number of benzene rings is 3. The molecular formula is C33H28F5N3O7S2. The van der Waals surface area contributed by atoms with Crippen molar-refractivity contribution in [3.05, 3.63) is 82.3 Å². The number of rotatable bonds is 12. The third-order valence-corrected chi connectivity index (χ3v) is 8.84. The molecule has 10 nitrogen and oxygen atoms in total. The van der Waals surface area contributed by atoms with E-state index in [9.17, 15) is 36.3 Å². The summed E-state index contributed by atoms with van der Waals surface area (Å²) in [6, 6.07) is 10.6. The largest absolute Gasteiger partial charge is 0.573 e. The number of morpholine rings is 1. The first-order valence-electron chi connectivity index (χ1n) is 15.0. The Morgan fingerprint density at radius 3 is 2.38 bits per heavy atom. The van der Waals surface area contributed by atoms with Crippen LogP contribution in [-0.2, 0) is 14.3 Å². The second kappa shape index (κ2) is 16.0. The van der Waals surface area contributed by atoms with E-state index in [4.69, 9.17) is 26.8 Å². The highest BCUT2D eigenvalue weighted by Gasteiger charge is 2.35. The quantitative estimate of drug-likeness (QED) is 0.127. The molecule has 50 heavy (non-hydrogen) atoms. The Morgan fingerprint density at radius 2 is 1.72 bits per heavy atom. The molecule has 0 spiro atoms. The minimum atomic E-state index is -5.16. The molecule has 2 fully saturated rings. The molecule has 0 radical (unpaired) electrons. The van der Waals surface area contributed by atoms with Crippen molar-refractivity contribution in [2.75, 3.05) is 51.3 Å². The lowest BCUT2D eigenvalue weighted by molar-refractivity contribution is -0.275. The van der Waals surface area contributed by atoms with Gasteiger partial charge in [0.25, 0.3) is 5.91 Å². The number of hydrogen-bond acceptors (Lipinski definition) is 9. The molecule has 2 aliphatic heterocycles. The van der Waals surface area contributed by atoms with Crippen LogP contribution in [0, 0.1) is 11.6 Å². The van der Waals surface area contributed by atoms with E-state index in [-0.39, 0.29) is 56.8 Å². The van der Waals surface area contributed by atoms with E-state index in [1.165, 1.54) is 42.5 Å². The normalized spacial score (nSPS) is 16.2. The van der Waals surface area contributed by atoms with Gasteiger partial charge in [0.2, 0.25) is 5.91 Å². The second-order valence-electron chi connectivity index (χ2n) is 10.9. The van der Waals surface area contributed by atoms with Crippen LogP contribution >= 0.6 is 24.0 Å². The molecule has 2 N–H and O–H groups in total. The number of thioether (sulfide) groups is 1. The van der Waals surface area contributed by atoms with Gasteiger partial charge in [0.15, 0.2) is 23.1 Å². The molecule has 2 heterocycles. The van der Waals surface area contributed by atoms with Gasteiger partial charge in [-0.15, -0.1) is 13.2 Å². The number of carbonyl (C=O) groups excluding carboxylic acids is 2. The highest BCUT2D eigenvalue weighted by atomic mass is 32.2. The predicted octanol–water partition coefficient (Wildman–Crippen LogP) is 6.17. The molecule has 3 aromatic carbocycles. The van der Waals surface area contributed by atoms with Gasteiger partial charge >= 0.3 is 12.3 Å². The number of amides is 2. The fourth-order valence-electron chi connectivity index (χ4n) is 5.00. The third kappa shape index (κ3) is 9.56. The molecule has 264 valence electrons. The van der Waals surface area contributed by atoms with Gasteiger partial charge in [0.05, 0.1) is 23.7 Å². The molecule has 2 saturated heterocycles. The number of nitrogens with zero attached hydrogens (tertiary/aromatic N) is 2. The summed E-state index contributed by atoms with van der Waals surface area (Å²) in [7, 11) is 0. The minimum Gasteiger partial charge on any atom is -0.488 e. The molecule has 0 aromatic heterocycles. The number of carboxylic acid groups (broad SMARTS) is 1. The average molecular weight is 738 g/mol. The van der Waals surface area contributed by atoms with Crippen LogP contribution in [0.25, 0.3) is 17.2 Å². The zero-order chi connectivity index (χ0) is 36.0. The number of alkyl halides is 3. The topological polar surface area (TPSA) is 118 Å². The van der Waals surface area contributed by atoms with E-state index in [1.54, 1.807) is 0 Å². The number of ether oxygens (including phenoxy) is 3. The van der Waals surface area contributed by atoms with Crippen LogP contribution in [-0.4, -0.2) is 89.4 Å². The molecule has 0 bridgehead atoms. The maximum atomic E-state index is 14.2. The van der Waals surface area contributed by atoms with Crippen LogP contribution < -0.4 is 14.8 Å². The van der Waals surface area contributed by atoms with Crippen molar-refractivity contribution < 1.29 is 55.7 Å². The molecule has 17 heteroatoms. The zero-order valence-corrected chi connectivity index (χ0v) is 27.6. The smallest absolute Gasteiger partial charge is 0.488 e.